The predicted octanol–water partition coefficient (Wildman–Crippen LogP) is 0.894. The number of rotatable bonds is 4. The molecule has 2 aromatic rings. The summed E-state index contributed by atoms with van der Waals surface area (Å²) < 4.78 is 0. The summed E-state index contributed by atoms with van der Waals surface area (Å²) in [6.07, 6.45) is 0. The van der Waals surface area contributed by atoms with E-state index in [0.29, 0.717) is 5.56 Å². The van der Waals surface area contributed by atoms with Crippen LogP contribution in [0.4, 0.5) is 11.6 Å². The lowest BCUT2D eigenvalue weighted by Crippen LogP contribution is -2.15. The van der Waals surface area contributed by atoms with Gasteiger partial charge in [0, 0.05) is 12.2 Å². The molecule has 0 saturated carbocycles. The van der Waals surface area contributed by atoms with Crippen molar-refractivity contribution in [1.82, 2.24) is 20.2 Å². The van der Waals surface area contributed by atoms with Crippen molar-refractivity contribution in [3.05, 3.63) is 29.8 Å². The van der Waals surface area contributed by atoms with Gasteiger partial charge in [-0.05, 0) is 24.3 Å². The van der Waals surface area contributed by atoms with E-state index in [9.17, 15) is 4.79 Å². The summed E-state index contributed by atoms with van der Waals surface area (Å²) in [7, 11) is 1.63. The molecule has 1 aromatic heterocycles. The average Bonchev–Trinajstić information content (AvgIpc) is 2.76. The Morgan fingerprint density at radius 3 is 2.83 bits per heavy atom. The smallest absolute Gasteiger partial charge is 0.270 e. The molecule has 0 aliphatic rings. The Morgan fingerprint density at radius 1 is 1.39 bits per heavy atom. The maximum absolute atomic E-state index is 12.1. The summed E-state index contributed by atoms with van der Waals surface area (Å²) in [4.78, 5) is 13.3. The molecule has 94 valence electrons. The molecule has 0 radical (unpaired) electrons. The van der Waals surface area contributed by atoms with E-state index in [1.807, 2.05) is 19.1 Å². The highest BCUT2D eigenvalue weighted by molar-refractivity contribution is 6.07. The molecular weight excluding hydrogens is 232 g/mol. The third-order valence-electron chi connectivity index (χ3n) is 2.27. The van der Waals surface area contributed by atoms with Gasteiger partial charge in [-0.15, -0.1) is 5.10 Å². The molecule has 1 amide bonds. The van der Waals surface area contributed by atoms with Crippen molar-refractivity contribution >= 4 is 17.5 Å². The fourth-order valence-electron chi connectivity index (χ4n) is 1.53. The molecule has 0 unspecified atom stereocenters. The van der Waals surface area contributed by atoms with E-state index in [1.54, 1.807) is 19.2 Å². The van der Waals surface area contributed by atoms with Gasteiger partial charge in [0.25, 0.3) is 11.9 Å². The number of carbonyl (C=O) groups excluding carboxylic acids is 1. The van der Waals surface area contributed by atoms with Gasteiger partial charge < -0.3 is 5.32 Å². The third kappa shape index (κ3) is 2.62. The molecule has 0 bridgehead atoms. The number of benzene rings is 1. The Balaban J connectivity index is 2.18. The topological polar surface area (TPSA) is 84.7 Å². The number of hydrogen-bond donors (Lipinski definition) is 2. The van der Waals surface area contributed by atoms with Crippen LogP contribution < -0.4 is 10.6 Å². The number of amides is 1. The van der Waals surface area contributed by atoms with Crippen LogP contribution in [0.5, 0.6) is 0 Å². The van der Waals surface area contributed by atoms with Crippen molar-refractivity contribution < 1.29 is 4.79 Å². The minimum Gasteiger partial charge on any atom is -0.385 e. The summed E-state index contributed by atoms with van der Waals surface area (Å²) in [5.41, 5.74) is 1.33. The maximum Gasteiger partial charge on any atom is 0.270 e. The molecule has 0 atom stereocenters. The van der Waals surface area contributed by atoms with E-state index >= 15 is 0 Å². The summed E-state index contributed by atoms with van der Waals surface area (Å²) >= 11 is 0. The van der Waals surface area contributed by atoms with E-state index < -0.39 is 0 Å². The lowest BCUT2D eigenvalue weighted by molar-refractivity contribution is 0.102. The summed E-state index contributed by atoms with van der Waals surface area (Å²) in [5, 5.41) is 17.0. The lowest BCUT2D eigenvalue weighted by atomic mass is 10.1. The minimum absolute atomic E-state index is 0.189. The van der Waals surface area contributed by atoms with Gasteiger partial charge in [0.1, 0.15) is 0 Å². The molecule has 1 aromatic carbocycles. The highest BCUT2D eigenvalue weighted by Crippen LogP contribution is 2.15. The van der Waals surface area contributed by atoms with Gasteiger partial charge in [-0.25, -0.2) is 0 Å². The molecule has 1 heterocycles. The van der Waals surface area contributed by atoms with Crippen molar-refractivity contribution in [2.24, 2.45) is 7.05 Å². The first-order chi connectivity index (χ1) is 8.70. The van der Waals surface area contributed by atoms with Crippen LogP contribution >= 0.6 is 0 Å². The van der Waals surface area contributed by atoms with Crippen LogP contribution in [0.15, 0.2) is 24.3 Å². The lowest BCUT2D eigenvalue weighted by Gasteiger charge is -2.08. The van der Waals surface area contributed by atoms with Crippen LogP contribution in [0.2, 0.25) is 0 Å². The van der Waals surface area contributed by atoms with Crippen molar-refractivity contribution in [2.75, 3.05) is 17.2 Å². The normalized spacial score (nSPS) is 10.1. The van der Waals surface area contributed by atoms with Gasteiger partial charge in [-0.2, -0.15) is 4.80 Å². The summed E-state index contributed by atoms with van der Waals surface area (Å²) in [6, 6.07) is 7.27. The van der Waals surface area contributed by atoms with Crippen molar-refractivity contribution in [2.45, 2.75) is 6.92 Å². The molecule has 0 saturated heterocycles. The molecule has 0 aliphatic carbocycles. The fourth-order valence-corrected chi connectivity index (χ4v) is 1.53. The van der Waals surface area contributed by atoms with Crippen LogP contribution in [-0.2, 0) is 7.05 Å². The van der Waals surface area contributed by atoms with Crippen LogP contribution in [-0.4, -0.2) is 32.7 Å². The first-order valence-corrected chi connectivity index (χ1v) is 5.59. The second-order valence-corrected chi connectivity index (χ2v) is 3.63. The van der Waals surface area contributed by atoms with E-state index in [2.05, 4.69) is 26.0 Å². The molecule has 7 nitrogen and oxygen atoms in total. The Hall–Kier alpha value is -2.44. The second-order valence-electron chi connectivity index (χ2n) is 3.63. The zero-order chi connectivity index (χ0) is 13.0. The molecule has 0 aliphatic heterocycles. The first kappa shape index (κ1) is 12.0. The minimum atomic E-state index is -0.264. The number of tetrazole rings is 1. The Labute approximate surface area is 104 Å². The number of anilines is 2. The van der Waals surface area contributed by atoms with Crippen LogP contribution in [0.3, 0.4) is 0 Å². The third-order valence-corrected chi connectivity index (χ3v) is 2.27. The number of aromatic nitrogens is 4. The molecular formula is C11H14N6O. The number of aryl methyl sites for hydroxylation is 1. The van der Waals surface area contributed by atoms with E-state index in [4.69, 9.17) is 0 Å². The zero-order valence-corrected chi connectivity index (χ0v) is 10.2. The van der Waals surface area contributed by atoms with Gasteiger partial charge in [0.15, 0.2) is 0 Å². The van der Waals surface area contributed by atoms with Crippen LogP contribution in [0.25, 0.3) is 0 Å². The van der Waals surface area contributed by atoms with Gasteiger partial charge in [0.05, 0.1) is 12.6 Å². The number of nitrogens with one attached hydrogen (secondary N) is 2. The van der Waals surface area contributed by atoms with Gasteiger partial charge >= 0.3 is 0 Å². The highest BCUT2D eigenvalue weighted by Gasteiger charge is 2.12. The quantitative estimate of drug-likeness (QED) is 0.837. The summed E-state index contributed by atoms with van der Waals surface area (Å²) in [5.74, 6) is -0.0756. The number of nitrogens with zero attached hydrogens (tertiary/aromatic N) is 4. The SMILES string of the molecule is CCNc1ccccc1C(=O)Nc1nnn(C)n1. The Morgan fingerprint density at radius 2 is 2.17 bits per heavy atom. The van der Waals surface area contributed by atoms with E-state index in [-0.39, 0.29) is 11.9 Å². The van der Waals surface area contributed by atoms with E-state index in [0.717, 1.165) is 12.2 Å². The van der Waals surface area contributed by atoms with Gasteiger partial charge in [-0.1, -0.05) is 17.2 Å². The molecule has 0 spiro atoms. The van der Waals surface area contributed by atoms with E-state index in [1.165, 1.54) is 4.80 Å². The Bertz CT molecular complexity index is 550. The number of hydrogen-bond acceptors (Lipinski definition) is 5. The molecule has 2 N–H and O–H groups in total. The van der Waals surface area contributed by atoms with Crippen LogP contribution in [0.1, 0.15) is 17.3 Å². The maximum atomic E-state index is 12.1. The average molecular weight is 246 g/mol. The van der Waals surface area contributed by atoms with Crippen molar-refractivity contribution in [1.29, 1.82) is 0 Å². The first-order valence-electron chi connectivity index (χ1n) is 5.59. The standard InChI is InChI=1S/C11H14N6O/c1-3-12-9-7-5-4-6-8(9)10(18)13-11-14-16-17(2)15-11/h4-7,12H,3H2,1-2H3,(H,13,15,18). The molecule has 18 heavy (non-hydrogen) atoms. The monoisotopic (exact) mass is 246 g/mol. The van der Waals surface area contributed by atoms with Gasteiger partial charge in [-0.3, -0.25) is 10.1 Å². The highest BCUT2D eigenvalue weighted by atomic mass is 16.1. The molecule has 7 heteroatoms. The summed E-state index contributed by atoms with van der Waals surface area (Å²) in [6.45, 7) is 2.71. The largest absolute Gasteiger partial charge is 0.385 e. The second kappa shape index (κ2) is 5.26. The number of para-hydroxylation sites is 1. The van der Waals surface area contributed by atoms with Crippen LogP contribution in [0, 0.1) is 0 Å². The zero-order valence-electron chi connectivity index (χ0n) is 10.2. The fraction of sp³-hybridized carbons (Fsp3) is 0.273. The molecule has 2 rings (SSSR count). The predicted molar refractivity (Wildman–Crippen MR) is 67.4 cm³/mol. The van der Waals surface area contributed by atoms with Crippen molar-refractivity contribution in [3.8, 4) is 0 Å². The Kier molecular flexibility index (Phi) is 3.52. The number of carbonyl (C=O) groups is 1. The van der Waals surface area contributed by atoms with Gasteiger partial charge in [0.2, 0.25) is 0 Å². The van der Waals surface area contributed by atoms with Crippen molar-refractivity contribution in [3.63, 3.8) is 0 Å². The molecule has 0 fully saturated rings.